The van der Waals surface area contributed by atoms with Gasteiger partial charge in [-0.1, -0.05) is 12.1 Å². The molecule has 1 heterocycles. The molecule has 60 valence electrons. The number of benzene rings is 1. The van der Waals surface area contributed by atoms with Crippen LogP contribution in [0.1, 0.15) is 0 Å². The third kappa shape index (κ3) is 0.931. The minimum Gasteiger partial charge on any atom is -0.297 e. The number of aldehydes is 1. The summed E-state index contributed by atoms with van der Waals surface area (Å²) in [6.45, 7) is 0. The van der Waals surface area contributed by atoms with Gasteiger partial charge in [0.1, 0.15) is 0 Å². The predicted octanol–water partition coefficient (Wildman–Crippen LogP) is -1.25. The van der Waals surface area contributed by atoms with Crippen molar-refractivity contribution < 1.29 is 4.79 Å². The van der Waals surface area contributed by atoms with E-state index in [0.29, 0.717) is 17.0 Å². The number of nitrogens with zero attached hydrogens (tertiary/aromatic N) is 2. The standard InChI is InChI=1S/C8H7N3O/c9-8(5-12)10-6-3-1-2-4-7(6)11-8/h1-5H,9H2. The highest BCUT2D eigenvalue weighted by atomic mass is 16.1. The Labute approximate surface area is 68.4 Å². The molecule has 0 atom stereocenters. The van der Waals surface area contributed by atoms with E-state index >= 15 is 0 Å². The highest BCUT2D eigenvalue weighted by molar-refractivity contribution is 5.63. The van der Waals surface area contributed by atoms with Crippen LogP contribution in [-0.2, 0) is 4.79 Å². The number of para-hydroxylation sites is 2. The molecule has 2 N–H and O–H groups in total. The van der Waals surface area contributed by atoms with E-state index in [1.165, 1.54) is 0 Å². The molecule has 1 aliphatic heterocycles. The fourth-order valence-corrected chi connectivity index (χ4v) is 1.12. The van der Waals surface area contributed by atoms with Crippen molar-refractivity contribution in [2.24, 2.45) is 15.7 Å². The molecule has 1 aromatic carbocycles. The van der Waals surface area contributed by atoms with Gasteiger partial charge in [-0.2, -0.15) is 0 Å². The molecule has 0 aliphatic carbocycles. The minimum atomic E-state index is -1.39. The van der Waals surface area contributed by atoms with Crippen molar-refractivity contribution in [1.82, 2.24) is 0 Å². The molecule has 0 radical (unpaired) electrons. The molecule has 0 aromatic heterocycles. The fraction of sp³-hybridized carbons (Fsp3) is 0.125. The third-order valence-electron chi connectivity index (χ3n) is 1.65. The van der Waals surface area contributed by atoms with Gasteiger partial charge in [0.05, 0.1) is 10.7 Å². The molecular formula is C8H7N3O. The first-order valence-electron chi connectivity index (χ1n) is 3.53. The normalized spacial score (nSPS) is 17.4. The Morgan fingerprint density at radius 2 is 1.75 bits per heavy atom. The lowest BCUT2D eigenvalue weighted by atomic mass is 10.3. The highest BCUT2D eigenvalue weighted by Crippen LogP contribution is 2.00. The van der Waals surface area contributed by atoms with E-state index < -0.39 is 5.79 Å². The van der Waals surface area contributed by atoms with Crippen LogP contribution in [-0.4, -0.2) is 12.1 Å². The summed E-state index contributed by atoms with van der Waals surface area (Å²) in [6.07, 6.45) is 0.535. The number of hydrogen-bond acceptors (Lipinski definition) is 4. The summed E-state index contributed by atoms with van der Waals surface area (Å²) in [5, 5.41) is 1.35. The Balaban J connectivity index is 2.75. The van der Waals surface area contributed by atoms with Crippen molar-refractivity contribution in [2.45, 2.75) is 5.79 Å². The van der Waals surface area contributed by atoms with Gasteiger partial charge in [-0.15, -0.1) is 0 Å². The summed E-state index contributed by atoms with van der Waals surface area (Å²) in [6, 6.07) is 7.21. The molecule has 2 rings (SSSR count). The number of fused-ring (bicyclic) bond motifs is 1. The van der Waals surface area contributed by atoms with Gasteiger partial charge < -0.3 is 0 Å². The van der Waals surface area contributed by atoms with E-state index in [4.69, 9.17) is 5.73 Å². The number of rotatable bonds is 1. The van der Waals surface area contributed by atoms with Crippen molar-refractivity contribution in [3.05, 3.63) is 35.0 Å². The van der Waals surface area contributed by atoms with Gasteiger partial charge in [-0.25, -0.2) is 9.98 Å². The van der Waals surface area contributed by atoms with Gasteiger partial charge in [-0.05, 0) is 12.1 Å². The van der Waals surface area contributed by atoms with E-state index in [1.807, 2.05) is 12.1 Å². The van der Waals surface area contributed by atoms with Crippen LogP contribution in [0.4, 0.5) is 0 Å². The second-order valence-corrected chi connectivity index (χ2v) is 2.61. The van der Waals surface area contributed by atoms with Crippen LogP contribution >= 0.6 is 0 Å². The molecule has 0 saturated heterocycles. The first-order valence-corrected chi connectivity index (χ1v) is 3.53. The zero-order chi connectivity index (χ0) is 8.60. The quantitative estimate of drug-likeness (QED) is 0.523. The average Bonchev–Trinajstić information content (AvgIpc) is 2.42. The SMILES string of the molecule is NC1(C=O)N=c2ccccc2=N1. The van der Waals surface area contributed by atoms with Crippen LogP contribution in [0.2, 0.25) is 0 Å². The molecule has 0 saturated carbocycles. The van der Waals surface area contributed by atoms with Crippen LogP contribution in [0.3, 0.4) is 0 Å². The first kappa shape index (κ1) is 7.12. The number of nitrogens with two attached hydrogens (primary N) is 1. The van der Waals surface area contributed by atoms with E-state index in [2.05, 4.69) is 9.98 Å². The fourth-order valence-electron chi connectivity index (χ4n) is 1.12. The second-order valence-electron chi connectivity index (χ2n) is 2.61. The van der Waals surface area contributed by atoms with Crippen LogP contribution in [0.5, 0.6) is 0 Å². The summed E-state index contributed by atoms with van der Waals surface area (Å²) < 4.78 is 0. The summed E-state index contributed by atoms with van der Waals surface area (Å²) in [5.74, 6) is -1.39. The van der Waals surface area contributed by atoms with Crippen LogP contribution in [0.15, 0.2) is 34.3 Å². The van der Waals surface area contributed by atoms with Crippen molar-refractivity contribution in [3.63, 3.8) is 0 Å². The molecule has 0 unspecified atom stereocenters. The number of hydrogen-bond donors (Lipinski definition) is 1. The maximum Gasteiger partial charge on any atom is 0.260 e. The monoisotopic (exact) mass is 161 g/mol. The number of carbonyl (C=O) groups is 1. The van der Waals surface area contributed by atoms with Gasteiger partial charge in [0, 0.05) is 0 Å². The summed E-state index contributed by atoms with van der Waals surface area (Å²) >= 11 is 0. The topological polar surface area (TPSA) is 67.8 Å². The Morgan fingerprint density at radius 3 is 2.17 bits per heavy atom. The molecule has 4 nitrogen and oxygen atoms in total. The maximum atomic E-state index is 10.5. The van der Waals surface area contributed by atoms with E-state index in [0.717, 1.165) is 0 Å². The molecule has 12 heavy (non-hydrogen) atoms. The molecular weight excluding hydrogens is 154 g/mol. The smallest absolute Gasteiger partial charge is 0.260 e. The molecule has 0 bridgehead atoms. The Morgan fingerprint density at radius 1 is 1.25 bits per heavy atom. The third-order valence-corrected chi connectivity index (χ3v) is 1.65. The van der Waals surface area contributed by atoms with E-state index in [1.54, 1.807) is 12.1 Å². The molecule has 1 aromatic rings. The first-order chi connectivity index (χ1) is 5.73. The summed E-state index contributed by atoms with van der Waals surface area (Å²) in [4.78, 5) is 18.4. The molecule has 0 amide bonds. The van der Waals surface area contributed by atoms with Crippen molar-refractivity contribution in [2.75, 3.05) is 0 Å². The zero-order valence-electron chi connectivity index (χ0n) is 6.27. The van der Waals surface area contributed by atoms with Gasteiger partial charge in [0.2, 0.25) is 0 Å². The lowest BCUT2D eigenvalue weighted by Crippen LogP contribution is -2.36. The highest BCUT2D eigenvalue weighted by Gasteiger charge is 2.24. The van der Waals surface area contributed by atoms with E-state index in [9.17, 15) is 4.79 Å². The van der Waals surface area contributed by atoms with Gasteiger partial charge >= 0.3 is 0 Å². The van der Waals surface area contributed by atoms with Crippen LogP contribution in [0, 0.1) is 0 Å². The molecule has 0 spiro atoms. The second kappa shape index (κ2) is 2.22. The van der Waals surface area contributed by atoms with Crippen molar-refractivity contribution in [3.8, 4) is 0 Å². The molecule has 0 fully saturated rings. The summed E-state index contributed by atoms with van der Waals surface area (Å²) in [7, 11) is 0. The van der Waals surface area contributed by atoms with Gasteiger partial charge in [0.25, 0.3) is 5.79 Å². The Hall–Kier alpha value is -1.55. The minimum absolute atomic E-state index is 0.535. The van der Waals surface area contributed by atoms with Gasteiger partial charge in [-0.3, -0.25) is 10.5 Å². The average molecular weight is 161 g/mol. The van der Waals surface area contributed by atoms with Crippen molar-refractivity contribution in [1.29, 1.82) is 0 Å². The summed E-state index contributed by atoms with van der Waals surface area (Å²) in [5.41, 5.74) is 5.51. The predicted molar refractivity (Wildman–Crippen MR) is 41.7 cm³/mol. The molecule has 1 aliphatic rings. The van der Waals surface area contributed by atoms with E-state index in [-0.39, 0.29) is 0 Å². The zero-order valence-corrected chi connectivity index (χ0v) is 6.27. The maximum absolute atomic E-state index is 10.5. The van der Waals surface area contributed by atoms with Gasteiger partial charge in [0.15, 0.2) is 6.29 Å². The number of carbonyl (C=O) groups excluding carboxylic acids is 1. The van der Waals surface area contributed by atoms with Crippen LogP contribution in [0.25, 0.3) is 0 Å². The van der Waals surface area contributed by atoms with Crippen molar-refractivity contribution >= 4 is 6.29 Å². The molecule has 4 heteroatoms. The Bertz CT molecular complexity index is 403. The lowest BCUT2D eigenvalue weighted by molar-refractivity contribution is -0.111. The largest absolute Gasteiger partial charge is 0.297 e. The Kier molecular flexibility index (Phi) is 1.31. The van der Waals surface area contributed by atoms with Crippen LogP contribution < -0.4 is 16.4 Å². The lowest BCUT2D eigenvalue weighted by Gasteiger charge is -2.05.